The van der Waals surface area contributed by atoms with Crippen molar-refractivity contribution >= 4 is 16.6 Å². The third kappa shape index (κ3) is 3.03. The molecule has 1 heterocycles. The third-order valence-corrected chi connectivity index (χ3v) is 3.27. The van der Waals surface area contributed by atoms with Gasteiger partial charge < -0.3 is 15.4 Å². The highest BCUT2D eigenvalue weighted by Gasteiger charge is 2.11. The Hall–Kier alpha value is -1.65. The number of hydrogen-bond donors (Lipinski definition) is 1. The summed E-state index contributed by atoms with van der Waals surface area (Å²) < 4.78 is 5.11. The van der Waals surface area contributed by atoms with Crippen molar-refractivity contribution in [2.75, 3.05) is 32.2 Å². The van der Waals surface area contributed by atoms with Crippen LogP contribution in [0, 0.1) is 0 Å². The van der Waals surface area contributed by atoms with Gasteiger partial charge in [0.2, 0.25) is 0 Å². The number of pyridine rings is 1. The van der Waals surface area contributed by atoms with Gasteiger partial charge in [0.25, 0.3) is 0 Å². The van der Waals surface area contributed by atoms with E-state index < -0.39 is 0 Å². The van der Waals surface area contributed by atoms with Crippen LogP contribution >= 0.6 is 0 Å². The summed E-state index contributed by atoms with van der Waals surface area (Å²) in [4.78, 5) is 6.70. The second-order valence-electron chi connectivity index (χ2n) is 4.62. The molecule has 0 fully saturated rings. The topological polar surface area (TPSA) is 51.4 Å². The highest BCUT2D eigenvalue weighted by atomic mass is 16.5. The molecule has 0 saturated heterocycles. The summed E-state index contributed by atoms with van der Waals surface area (Å²) in [7, 11) is 3.82. The number of benzene rings is 1. The van der Waals surface area contributed by atoms with Crippen LogP contribution in [-0.4, -0.2) is 32.3 Å². The Kier molecular flexibility index (Phi) is 4.71. The fraction of sp³-hybridized carbons (Fsp3) is 0.400. The van der Waals surface area contributed by atoms with E-state index in [9.17, 15) is 0 Å². The first-order valence-corrected chi connectivity index (χ1v) is 6.54. The maximum atomic E-state index is 5.84. The van der Waals surface area contributed by atoms with Crippen molar-refractivity contribution < 1.29 is 4.74 Å². The molecule has 2 aromatic rings. The minimum atomic E-state index is 0.502. The van der Waals surface area contributed by atoms with Crippen LogP contribution in [0.3, 0.4) is 0 Å². The molecule has 0 bridgehead atoms. The maximum Gasteiger partial charge on any atom is 0.0723 e. The lowest BCUT2D eigenvalue weighted by atomic mass is 10.1. The normalized spacial score (nSPS) is 10.9. The summed E-state index contributed by atoms with van der Waals surface area (Å²) in [6.07, 6.45) is 2.87. The van der Waals surface area contributed by atoms with Crippen molar-refractivity contribution in [2.45, 2.75) is 13.0 Å². The first-order valence-electron chi connectivity index (χ1n) is 6.54. The second-order valence-corrected chi connectivity index (χ2v) is 4.62. The number of para-hydroxylation sites is 1. The van der Waals surface area contributed by atoms with Gasteiger partial charge in [0.1, 0.15) is 0 Å². The van der Waals surface area contributed by atoms with Crippen LogP contribution in [0.2, 0.25) is 0 Å². The van der Waals surface area contributed by atoms with Crippen molar-refractivity contribution in [2.24, 2.45) is 5.73 Å². The van der Waals surface area contributed by atoms with E-state index in [0.29, 0.717) is 6.54 Å². The van der Waals surface area contributed by atoms with Crippen LogP contribution in [0.15, 0.2) is 30.5 Å². The minimum absolute atomic E-state index is 0.502. The Balaban J connectivity index is 2.37. The summed E-state index contributed by atoms with van der Waals surface area (Å²) in [6.45, 7) is 2.21. The SMILES string of the molecule is COCCCN(C)c1c(CN)cnc2ccccc12. The summed E-state index contributed by atoms with van der Waals surface area (Å²) in [6, 6.07) is 8.18. The summed E-state index contributed by atoms with van der Waals surface area (Å²) in [5.41, 5.74) is 9.12. The van der Waals surface area contributed by atoms with Crippen LogP contribution in [0.1, 0.15) is 12.0 Å². The van der Waals surface area contributed by atoms with Gasteiger partial charge in [-0.2, -0.15) is 0 Å². The lowest BCUT2D eigenvalue weighted by Gasteiger charge is -2.23. The van der Waals surface area contributed by atoms with E-state index in [-0.39, 0.29) is 0 Å². The molecule has 0 aliphatic carbocycles. The van der Waals surface area contributed by atoms with Crippen molar-refractivity contribution in [1.29, 1.82) is 0 Å². The Bertz CT molecular complexity index is 542. The molecule has 4 heteroatoms. The third-order valence-electron chi connectivity index (χ3n) is 3.27. The van der Waals surface area contributed by atoms with Crippen LogP contribution in [0.25, 0.3) is 10.9 Å². The monoisotopic (exact) mass is 259 g/mol. The van der Waals surface area contributed by atoms with Crippen molar-refractivity contribution in [3.05, 3.63) is 36.0 Å². The first-order chi connectivity index (χ1) is 9.27. The molecule has 102 valence electrons. The largest absolute Gasteiger partial charge is 0.385 e. The zero-order valence-electron chi connectivity index (χ0n) is 11.6. The molecule has 1 aromatic heterocycles. The van der Waals surface area contributed by atoms with Crippen molar-refractivity contribution in [1.82, 2.24) is 4.98 Å². The molecule has 0 aliphatic rings. The van der Waals surface area contributed by atoms with E-state index >= 15 is 0 Å². The number of aromatic nitrogens is 1. The predicted octanol–water partition coefficient (Wildman–Crippen LogP) is 2.17. The first kappa shape index (κ1) is 13.8. The lowest BCUT2D eigenvalue weighted by Crippen LogP contribution is -2.22. The molecule has 0 radical (unpaired) electrons. The molecule has 0 spiro atoms. The van der Waals surface area contributed by atoms with Crippen molar-refractivity contribution in [3.8, 4) is 0 Å². The zero-order chi connectivity index (χ0) is 13.7. The number of rotatable bonds is 6. The number of nitrogens with two attached hydrogens (primary N) is 1. The van der Waals surface area contributed by atoms with E-state index in [2.05, 4.69) is 23.0 Å². The Morgan fingerprint density at radius 1 is 1.32 bits per heavy atom. The number of hydrogen-bond acceptors (Lipinski definition) is 4. The van der Waals surface area contributed by atoms with Gasteiger partial charge in [0, 0.05) is 51.0 Å². The molecule has 0 atom stereocenters. The molecule has 1 aromatic carbocycles. The standard InChI is InChI=1S/C15H21N3O/c1-18(8-5-9-19-2)15-12(10-16)11-17-14-7-4-3-6-13(14)15/h3-4,6-7,11H,5,8-10,16H2,1-2H3. The highest BCUT2D eigenvalue weighted by molar-refractivity contribution is 5.93. The summed E-state index contributed by atoms with van der Waals surface area (Å²) in [5, 5.41) is 1.16. The van der Waals surface area contributed by atoms with E-state index in [4.69, 9.17) is 10.5 Å². The molecular weight excluding hydrogens is 238 g/mol. The maximum absolute atomic E-state index is 5.84. The van der Waals surface area contributed by atoms with Gasteiger partial charge in [0.15, 0.2) is 0 Å². The van der Waals surface area contributed by atoms with Gasteiger partial charge in [-0.3, -0.25) is 4.98 Å². The molecule has 0 aliphatic heterocycles. The quantitative estimate of drug-likeness (QED) is 0.808. The van der Waals surface area contributed by atoms with Crippen LogP contribution in [-0.2, 0) is 11.3 Å². The Morgan fingerprint density at radius 2 is 2.11 bits per heavy atom. The van der Waals surface area contributed by atoms with Crippen LogP contribution in [0.4, 0.5) is 5.69 Å². The molecular formula is C15H21N3O. The number of nitrogens with zero attached hydrogens (tertiary/aromatic N) is 2. The summed E-state index contributed by atoms with van der Waals surface area (Å²) >= 11 is 0. The molecule has 19 heavy (non-hydrogen) atoms. The number of methoxy groups -OCH3 is 1. The van der Waals surface area contributed by atoms with E-state index in [1.807, 2.05) is 24.4 Å². The minimum Gasteiger partial charge on any atom is -0.385 e. The number of anilines is 1. The lowest BCUT2D eigenvalue weighted by molar-refractivity contribution is 0.196. The zero-order valence-corrected chi connectivity index (χ0v) is 11.6. The van der Waals surface area contributed by atoms with E-state index in [1.165, 1.54) is 5.69 Å². The molecule has 2 rings (SSSR count). The fourth-order valence-corrected chi connectivity index (χ4v) is 2.33. The van der Waals surface area contributed by atoms with E-state index in [0.717, 1.165) is 36.0 Å². The highest BCUT2D eigenvalue weighted by Crippen LogP contribution is 2.28. The summed E-state index contributed by atoms with van der Waals surface area (Å²) in [5.74, 6) is 0. The van der Waals surface area contributed by atoms with Crippen molar-refractivity contribution in [3.63, 3.8) is 0 Å². The smallest absolute Gasteiger partial charge is 0.0723 e. The fourth-order valence-electron chi connectivity index (χ4n) is 2.33. The predicted molar refractivity (Wildman–Crippen MR) is 79.4 cm³/mol. The average molecular weight is 259 g/mol. The molecule has 0 amide bonds. The second kappa shape index (κ2) is 6.50. The van der Waals surface area contributed by atoms with Gasteiger partial charge in [-0.1, -0.05) is 18.2 Å². The molecule has 4 nitrogen and oxygen atoms in total. The number of ether oxygens (including phenoxy) is 1. The van der Waals surface area contributed by atoms with Gasteiger partial charge in [-0.15, -0.1) is 0 Å². The molecule has 0 saturated carbocycles. The van der Waals surface area contributed by atoms with Gasteiger partial charge in [-0.05, 0) is 12.5 Å². The molecule has 0 unspecified atom stereocenters. The van der Waals surface area contributed by atoms with Gasteiger partial charge in [0.05, 0.1) is 11.2 Å². The van der Waals surface area contributed by atoms with Crippen LogP contribution in [0.5, 0.6) is 0 Å². The Labute approximate surface area is 114 Å². The Morgan fingerprint density at radius 3 is 2.84 bits per heavy atom. The van der Waals surface area contributed by atoms with Crippen LogP contribution < -0.4 is 10.6 Å². The van der Waals surface area contributed by atoms with Gasteiger partial charge >= 0.3 is 0 Å². The average Bonchev–Trinajstić information content (AvgIpc) is 2.46. The van der Waals surface area contributed by atoms with E-state index in [1.54, 1.807) is 7.11 Å². The molecule has 2 N–H and O–H groups in total. The number of fused-ring (bicyclic) bond motifs is 1. The van der Waals surface area contributed by atoms with Gasteiger partial charge in [-0.25, -0.2) is 0 Å².